The summed E-state index contributed by atoms with van der Waals surface area (Å²) in [6.45, 7) is 8.18. The molecule has 5 rings (SSSR count). The van der Waals surface area contributed by atoms with Gasteiger partial charge in [-0.2, -0.15) is 0 Å². The molecule has 1 aromatic heterocycles. The van der Waals surface area contributed by atoms with Crippen molar-refractivity contribution in [3.05, 3.63) is 101 Å². The summed E-state index contributed by atoms with van der Waals surface area (Å²) in [5, 5.41) is 35.0. The van der Waals surface area contributed by atoms with Crippen molar-refractivity contribution in [1.82, 2.24) is 0 Å². The highest BCUT2D eigenvalue weighted by Crippen LogP contribution is 2.37. The minimum atomic E-state index is -2.96. The van der Waals surface area contributed by atoms with Gasteiger partial charge in [-0.3, -0.25) is 0 Å². The van der Waals surface area contributed by atoms with E-state index in [1.165, 1.54) is 12.1 Å². The van der Waals surface area contributed by atoms with Crippen LogP contribution >= 0.6 is 0 Å². The summed E-state index contributed by atoms with van der Waals surface area (Å²) in [5.41, 5.74) is 0.598. The molecule has 1 saturated heterocycles. The van der Waals surface area contributed by atoms with Crippen molar-refractivity contribution in [3.8, 4) is 5.75 Å². The largest absolute Gasteiger partial charge is 0.462 e. The number of aliphatic hydroxyl groups is 3. The minimum absolute atomic E-state index is 0.0517. The molecular weight excluding hydrogens is 540 g/mol. The number of hydrogen-bond acceptors (Lipinski definition) is 8. The predicted molar refractivity (Wildman–Crippen MR) is 158 cm³/mol. The summed E-state index contributed by atoms with van der Waals surface area (Å²) in [6.07, 6.45) is -6.80. The third kappa shape index (κ3) is 5.61. The summed E-state index contributed by atoms with van der Waals surface area (Å²) >= 11 is 0. The van der Waals surface area contributed by atoms with Gasteiger partial charge in [0, 0.05) is 17.5 Å². The van der Waals surface area contributed by atoms with Gasteiger partial charge in [0.05, 0.1) is 6.61 Å². The van der Waals surface area contributed by atoms with Crippen LogP contribution in [0.4, 0.5) is 0 Å². The summed E-state index contributed by atoms with van der Waals surface area (Å²) in [5.74, 6) is 0.269. The zero-order valence-corrected chi connectivity index (χ0v) is 24.6. The molecule has 41 heavy (non-hydrogen) atoms. The normalized spacial score (nSPS) is 23.4. The van der Waals surface area contributed by atoms with Crippen molar-refractivity contribution >= 4 is 29.7 Å². The van der Waals surface area contributed by atoms with E-state index in [9.17, 15) is 20.1 Å². The molecule has 2 heterocycles. The molecule has 1 aliphatic rings. The molecule has 9 heteroatoms. The van der Waals surface area contributed by atoms with E-state index in [-0.39, 0.29) is 17.4 Å². The standard InChI is InChI=1S/C32H36O8Si/c1-20-17-27(33)39-25-18-21(15-16-24(20)25)38-31-30(36)29(35)28(34)26(40-31)19-37-41(32(2,3)4,22-11-7-5-8-12-22)23-13-9-6-10-14-23/h5-18,26,28-31,34-36H,19H2,1-4H3/t26?,28-,29-,30?,31+/m0/s1. The maximum atomic E-state index is 11.9. The third-order valence-corrected chi connectivity index (χ3v) is 12.7. The number of aliphatic hydroxyl groups excluding tert-OH is 3. The Bertz CT molecular complexity index is 1490. The van der Waals surface area contributed by atoms with Gasteiger partial charge in [0.25, 0.3) is 8.32 Å². The van der Waals surface area contributed by atoms with E-state index < -0.39 is 44.6 Å². The van der Waals surface area contributed by atoms with Gasteiger partial charge in [0.2, 0.25) is 6.29 Å². The molecule has 5 atom stereocenters. The van der Waals surface area contributed by atoms with Gasteiger partial charge in [-0.05, 0) is 40.0 Å². The van der Waals surface area contributed by atoms with Crippen molar-refractivity contribution in [2.24, 2.45) is 0 Å². The van der Waals surface area contributed by atoms with Crippen LogP contribution in [0.5, 0.6) is 5.75 Å². The van der Waals surface area contributed by atoms with Crippen molar-refractivity contribution < 1.29 is 33.6 Å². The van der Waals surface area contributed by atoms with Gasteiger partial charge in [0.15, 0.2) is 0 Å². The molecule has 8 nitrogen and oxygen atoms in total. The van der Waals surface area contributed by atoms with Crippen LogP contribution in [0, 0.1) is 6.92 Å². The van der Waals surface area contributed by atoms with Crippen LogP contribution < -0.4 is 20.7 Å². The first kappa shape index (κ1) is 29.2. The second-order valence-electron chi connectivity index (χ2n) is 11.5. The second kappa shape index (κ2) is 11.5. The van der Waals surface area contributed by atoms with Crippen molar-refractivity contribution in [2.45, 2.75) is 63.4 Å². The lowest BCUT2D eigenvalue weighted by Gasteiger charge is -2.45. The first-order valence-corrected chi connectivity index (χ1v) is 15.6. The Morgan fingerprint density at radius 2 is 1.44 bits per heavy atom. The van der Waals surface area contributed by atoms with Crippen LogP contribution in [0.2, 0.25) is 5.04 Å². The second-order valence-corrected chi connectivity index (χ2v) is 15.8. The Balaban J connectivity index is 1.44. The highest BCUT2D eigenvalue weighted by atomic mass is 28.4. The highest BCUT2D eigenvalue weighted by molar-refractivity contribution is 6.99. The number of ether oxygens (including phenoxy) is 2. The first-order chi connectivity index (χ1) is 19.5. The SMILES string of the molecule is Cc1cc(=O)oc2cc(O[C@@H]3OC(CO[Si](c4ccccc4)(c4ccccc4)C(C)(C)C)[C@H](O)[C@H](O)C3O)ccc12. The average molecular weight is 577 g/mol. The summed E-state index contributed by atoms with van der Waals surface area (Å²) in [7, 11) is -2.96. The molecule has 3 aromatic carbocycles. The average Bonchev–Trinajstić information content (AvgIpc) is 2.94. The molecule has 216 valence electrons. The number of aryl methyl sites for hydroxylation is 1. The van der Waals surface area contributed by atoms with Gasteiger partial charge in [-0.15, -0.1) is 0 Å². The highest BCUT2D eigenvalue weighted by Gasteiger charge is 2.52. The van der Waals surface area contributed by atoms with Crippen molar-refractivity contribution in [1.29, 1.82) is 0 Å². The quantitative estimate of drug-likeness (QED) is 0.227. The lowest BCUT2D eigenvalue weighted by molar-refractivity contribution is -0.276. The van der Waals surface area contributed by atoms with Crippen LogP contribution in [-0.4, -0.2) is 60.9 Å². The van der Waals surface area contributed by atoms with Crippen LogP contribution in [0.15, 0.2) is 94.1 Å². The minimum Gasteiger partial charge on any atom is -0.462 e. The van der Waals surface area contributed by atoms with Crippen LogP contribution in [0.3, 0.4) is 0 Å². The summed E-state index contributed by atoms with van der Waals surface area (Å²) in [4.78, 5) is 11.9. The maximum Gasteiger partial charge on any atom is 0.336 e. The fourth-order valence-corrected chi connectivity index (χ4v) is 10.2. The molecule has 0 saturated carbocycles. The summed E-state index contributed by atoms with van der Waals surface area (Å²) in [6, 6.07) is 26.5. The van der Waals surface area contributed by atoms with Crippen LogP contribution in [0.1, 0.15) is 26.3 Å². The number of fused-ring (bicyclic) bond motifs is 1. The number of hydrogen-bond donors (Lipinski definition) is 3. The first-order valence-electron chi connectivity index (χ1n) is 13.7. The van der Waals surface area contributed by atoms with Gasteiger partial charge in [0.1, 0.15) is 35.7 Å². The van der Waals surface area contributed by atoms with E-state index in [2.05, 4.69) is 45.0 Å². The fraction of sp³-hybridized carbons (Fsp3) is 0.344. The van der Waals surface area contributed by atoms with Crippen LogP contribution in [-0.2, 0) is 9.16 Å². The molecule has 1 aliphatic heterocycles. The molecule has 1 fully saturated rings. The Labute approximate surface area is 239 Å². The molecule has 3 N–H and O–H groups in total. The molecule has 0 spiro atoms. The molecule has 4 aromatic rings. The molecule has 2 unspecified atom stereocenters. The Morgan fingerprint density at radius 1 is 0.829 bits per heavy atom. The van der Waals surface area contributed by atoms with E-state index in [0.717, 1.165) is 21.3 Å². The van der Waals surface area contributed by atoms with E-state index in [1.807, 2.05) is 43.3 Å². The van der Waals surface area contributed by atoms with Crippen molar-refractivity contribution in [2.75, 3.05) is 6.61 Å². The van der Waals surface area contributed by atoms with E-state index in [1.54, 1.807) is 12.1 Å². The maximum absolute atomic E-state index is 11.9. The van der Waals surface area contributed by atoms with Crippen LogP contribution in [0.25, 0.3) is 11.0 Å². The van der Waals surface area contributed by atoms with Gasteiger partial charge >= 0.3 is 5.63 Å². The number of rotatable bonds is 7. The van der Waals surface area contributed by atoms with Crippen molar-refractivity contribution in [3.63, 3.8) is 0 Å². The number of benzene rings is 3. The molecule has 0 bridgehead atoms. The summed E-state index contributed by atoms with van der Waals surface area (Å²) < 4.78 is 24.2. The monoisotopic (exact) mass is 576 g/mol. The fourth-order valence-electron chi connectivity index (χ4n) is 5.63. The Morgan fingerprint density at radius 3 is 2.02 bits per heavy atom. The van der Waals surface area contributed by atoms with Gasteiger partial charge in [-0.1, -0.05) is 81.4 Å². The molecule has 0 aliphatic carbocycles. The van der Waals surface area contributed by atoms with E-state index in [4.69, 9.17) is 18.3 Å². The molecule has 0 radical (unpaired) electrons. The van der Waals surface area contributed by atoms with E-state index in [0.29, 0.717) is 5.58 Å². The zero-order chi connectivity index (χ0) is 29.4. The third-order valence-electron chi connectivity index (χ3n) is 7.72. The topological polar surface area (TPSA) is 119 Å². The Kier molecular flexibility index (Phi) is 8.20. The Hall–Kier alpha value is -3.31. The molecule has 0 amide bonds. The lowest BCUT2D eigenvalue weighted by Crippen LogP contribution is -2.68. The smallest absolute Gasteiger partial charge is 0.336 e. The lowest BCUT2D eigenvalue weighted by atomic mass is 9.99. The molecular formula is C32H36O8Si. The van der Waals surface area contributed by atoms with Gasteiger partial charge in [-0.25, -0.2) is 4.79 Å². The van der Waals surface area contributed by atoms with Gasteiger partial charge < -0.3 is 33.6 Å². The zero-order valence-electron chi connectivity index (χ0n) is 23.6. The predicted octanol–water partition coefficient (Wildman–Crippen LogP) is 2.86. The van der Waals surface area contributed by atoms with E-state index >= 15 is 0 Å².